The first-order valence-corrected chi connectivity index (χ1v) is 3.57. The lowest BCUT2D eigenvalue weighted by atomic mass is 10.1. The van der Waals surface area contributed by atoms with Gasteiger partial charge < -0.3 is 0 Å². The SMILES string of the molecule is FC(Cl)=C(F)C(F)C(F)C(F)C(F)F. The van der Waals surface area contributed by atoms with E-state index < -0.39 is 36.1 Å². The molecule has 0 nitrogen and oxygen atoms in total. The maximum atomic E-state index is 12.3. The van der Waals surface area contributed by atoms with Crippen molar-refractivity contribution in [1.29, 1.82) is 0 Å². The van der Waals surface area contributed by atoms with Gasteiger partial charge in [-0.05, 0) is 11.6 Å². The topological polar surface area (TPSA) is 0 Å². The van der Waals surface area contributed by atoms with Crippen LogP contribution in [0.3, 0.4) is 0 Å². The molecule has 0 amide bonds. The lowest BCUT2D eigenvalue weighted by Gasteiger charge is -2.15. The predicted molar refractivity (Wildman–Crippen MR) is 35.8 cm³/mol. The number of alkyl halides is 5. The normalized spacial score (nSPS) is 20.4. The molecule has 0 aliphatic rings. The van der Waals surface area contributed by atoms with Crippen molar-refractivity contribution in [3.05, 3.63) is 11.1 Å². The molecule has 0 saturated heterocycles. The molecule has 0 bridgehead atoms. The highest BCUT2D eigenvalue weighted by atomic mass is 35.5. The zero-order valence-corrected chi connectivity index (χ0v) is 7.09. The quantitative estimate of drug-likeness (QED) is 0.663. The Morgan fingerprint density at radius 3 is 1.57 bits per heavy atom. The van der Waals surface area contributed by atoms with E-state index in [4.69, 9.17) is 0 Å². The minimum Gasteiger partial charge on any atom is -0.240 e. The van der Waals surface area contributed by atoms with E-state index in [1.165, 1.54) is 0 Å². The predicted octanol–water partition coefficient (Wildman–Crippen LogP) is 3.61. The summed E-state index contributed by atoms with van der Waals surface area (Å²) in [6.07, 6.45) is -14.3. The highest BCUT2D eigenvalue weighted by molar-refractivity contribution is 6.28. The van der Waals surface area contributed by atoms with Crippen molar-refractivity contribution in [2.24, 2.45) is 0 Å². The van der Waals surface area contributed by atoms with Crippen LogP contribution in [-0.2, 0) is 0 Å². The lowest BCUT2D eigenvalue weighted by molar-refractivity contribution is -0.0201. The largest absolute Gasteiger partial charge is 0.272 e. The Kier molecular flexibility index (Phi) is 5.25. The molecule has 0 N–H and O–H groups in total. The molecule has 0 saturated carbocycles. The van der Waals surface area contributed by atoms with Crippen LogP contribution < -0.4 is 0 Å². The number of rotatable bonds is 4. The van der Waals surface area contributed by atoms with Crippen molar-refractivity contribution in [1.82, 2.24) is 0 Å². The Bertz CT molecular complexity index is 212. The fourth-order valence-electron chi connectivity index (χ4n) is 0.544. The Hall–Kier alpha value is -0.460. The van der Waals surface area contributed by atoms with Crippen LogP contribution in [0.25, 0.3) is 0 Å². The van der Waals surface area contributed by atoms with Gasteiger partial charge in [0.2, 0.25) is 5.29 Å². The molecular weight excluding hydrogens is 241 g/mol. The fourth-order valence-corrected chi connectivity index (χ4v) is 0.649. The summed E-state index contributed by atoms with van der Waals surface area (Å²) in [6.45, 7) is 0. The molecule has 8 heteroatoms. The van der Waals surface area contributed by atoms with Crippen molar-refractivity contribution < 1.29 is 30.7 Å². The van der Waals surface area contributed by atoms with Gasteiger partial charge in [0.1, 0.15) is 0 Å². The number of hydrogen-bond donors (Lipinski definition) is 0. The van der Waals surface area contributed by atoms with E-state index in [2.05, 4.69) is 11.6 Å². The second kappa shape index (κ2) is 5.43. The molecular formula is C6H4ClF7. The molecule has 0 aromatic heterocycles. The summed E-state index contributed by atoms with van der Waals surface area (Å²) in [4.78, 5) is 0. The van der Waals surface area contributed by atoms with E-state index in [1.54, 1.807) is 0 Å². The summed E-state index contributed by atoms with van der Waals surface area (Å²) in [6, 6.07) is 0. The average Bonchev–Trinajstić information content (AvgIpc) is 2.12. The first kappa shape index (κ1) is 13.5. The zero-order valence-electron chi connectivity index (χ0n) is 6.33. The lowest BCUT2D eigenvalue weighted by Crippen LogP contribution is -2.33. The van der Waals surface area contributed by atoms with Crippen molar-refractivity contribution in [3.63, 3.8) is 0 Å². The molecule has 3 atom stereocenters. The Morgan fingerprint density at radius 2 is 1.29 bits per heavy atom. The Morgan fingerprint density at radius 1 is 0.857 bits per heavy atom. The average molecular weight is 245 g/mol. The van der Waals surface area contributed by atoms with Crippen molar-refractivity contribution in [2.75, 3.05) is 0 Å². The van der Waals surface area contributed by atoms with Crippen LogP contribution in [0, 0.1) is 0 Å². The van der Waals surface area contributed by atoms with Crippen LogP contribution in [0.2, 0.25) is 0 Å². The number of halogens is 8. The maximum absolute atomic E-state index is 12.3. The van der Waals surface area contributed by atoms with Crippen LogP contribution in [0.4, 0.5) is 30.7 Å². The molecule has 0 spiro atoms. The first-order chi connectivity index (χ1) is 6.29. The molecule has 0 rings (SSSR count). The minimum atomic E-state index is -3.82. The molecule has 84 valence electrons. The maximum Gasteiger partial charge on any atom is 0.272 e. The smallest absolute Gasteiger partial charge is 0.240 e. The molecule has 0 fully saturated rings. The van der Waals surface area contributed by atoms with E-state index in [0.717, 1.165) is 0 Å². The van der Waals surface area contributed by atoms with Gasteiger partial charge in [-0.3, -0.25) is 0 Å². The molecule has 3 unspecified atom stereocenters. The molecule has 0 aromatic rings. The third-order valence-corrected chi connectivity index (χ3v) is 1.43. The van der Waals surface area contributed by atoms with Gasteiger partial charge in [-0.2, -0.15) is 4.39 Å². The summed E-state index contributed by atoms with van der Waals surface area (Å²) in [5.41, 5.74) is 0. The van der Waals surface area contributed by atoms with Crippen LogP contribution in [-0.4, -0.2) is 24.9 Å². The molecule has 0 radical (unpaired) electrons. The third kappa shape index (κ3) is 3.36. The molecule has 0 aliphatic heterocycles. The van der Waals surface area contributed by atoms with Crippen molar-refractivity contribution >= 4 is 11.6 Å². The van der Waals surface area contributed by atoms with Gasteiger partial charge in [-0.1, -0.05) is 0 Å². The fraction of sp³-hybridized carbons (Fsp3) is 0.667. The second-order valence-corrected chi connectivity index (χ2v) is 2.57. The Labute approximate surface area is 79.3 Å². The standard InChI is InChI=1S/C6H4ClF7/c7-5(12)3(10)1(8)2(9)4(11)6(13)14/h1-2,4,6H. The van der Waals surface area contributed by atoms with E-state index in [9.17, 15) is 30.7 Å². The summed E-state index contributed by atoms with van der Waals surface area (Å²) < 4.78 is 83.5. The van der Waals surface area contributed by atoms with Gasteiger partial charge in [0.25, 0.3) is 6.43 Å². The molecule has 0 heterocycles. The first-order valence-electron chi connectivity index (χ1n) is 3.20. The van der Waals surface area contributed by atoms with Gasteiger partial charge in [-0.25, -0.2) is 26.3 Å². The van der Waals surface area contributed by atoms with E-state index >= 15 is 0 Å². The molecule has 0 aliphatic carbocycles. The van der Waals surface area contributed by atoms with E-state index in [1.807, 2.05) is 0 Å². The third-order valence-electron chi connectivity index (χ3n) is 1.25. The molecule has 14 heavy (non-hydrogen) atoms. The highest BCUT2D eigenvalue weighted by Gasteiger charge is 2.39. The zero-order chi connectivity index (χ0) is 11.5. The van der Waals surface area contributed by atoms with Gasteiger partial charge in [0, 0.05) is 0 Å². The minimum absolute atomic E-state index is 2.23. The van der Waals surface area contributed by atoms with Gasteiger partial charge >= 0.3 is 0 Å². The Balaban J connectivity index is 4.55. The second-order valence-electron chi connectivity index (χ2n) is 2.23. The summed E-state index contributed by atoms with van der Waals surface area (Å²) in [5, 5.41) is -2.23. The summed E-state index contributed by atoms with van der Waals surface area (Å²) in [7, 11) is 0. The molecule has 0 aromatic carbocycles. The van der Waals surface area contributed by atoms with Crippen molar-refractivity contribution in [2.45, 2.75) is 24.9 Å². The van der Waals surface area contributed by atoms with Gasteiger partial charge in [0.15, 0.2) is 24.3 Å². The number of hydrogen-bond acceptors (Lipinski definition) is 0. The summed E-state index contributed by atoms with van der Waals surface area (Å²) in [5.74, 6) is -2.44. The van der Waals surface area contributed by atoms with Gasteiger partial charge in [-0.15, -0.1) is 0 Å². The van der Waals surface area contributed by atoms with Crippen LogP contribution in [0.5, 0.6) is 0 Å². The van der Waals surface area contributed by atoms with Crippen molar-refractivity contribution in [3.8, 4) is 0 Å². The number of allylic oxidation sites excluding steroid dienone is 1. The van der Waals surface area contributed by atoms with E-state index in [-0.39, 0.29) is 0 Å². The summed E-state index contributed by atoms with van der Waals surface area (Å²) >= 11 is 4.27. The van der Waals surface area contributed by atoms with E-state index in [0.29, 0.717) is 0 Å². The highest BCUT2D eigenvalue weighted by Crippen LogP contribution is 2.27. The van der Waals surface area contributed by atoms with Crippen LogP contribution in [0.15, 0.2) is 11.1 Å². The monoisotopic (exact) mass is 244 g/mol. The van der Waals surface area contributed by atoms with Crippen LogP contribution >= 0.6 is 11.6 Å². The van der Waals surface area contributed by atoms with Crippen LogP contribution in [0.1, 0.15) is 0 Å². The van der Waals surface area contributed by atoms with Gasteiger partial charge in [0.05, 0.1) is 0 Å².